The van der Waals surface area contributed by atoms with Gasteiger partial charge in [0.1, 0.15) is 0 Å². The van der Waals surface area contributed by atoms with E-state index in [9.17, 15) is 0 Å². The van der Waals surface area contributed by atoms with Gasteiger partial charge in [-0.2, -0.15) is 0 Å². The second kappa shape index (κ2) is 14.4. The molecular formula is B30-3. The first-order valence-corrected chi connectivity index (χ1v) is 9.67. The van der Waals surface area contributed by atoms with Gasteiger partial charge in [-0.05, 0) is 171 Å². The molecule has 0 aliphatic heterocycles. The Balaban J connectivity index is 7.14. The monoisotopic (exact) mass is 330 g/mol. The summed E-state index contributed by atoms with van der Waals surface area (Å²) in [6.07, 6.45) is -13.7. The summed E-state index contributed by atoms with van der Waals surface area (Å²) in [6, 6.07) is 0. The van der Waals surface area contributed by atoms with Crippen LogP contribution in [0.4, 0.5) is 0 Å². The SMILES string of the molecule is [B]B([B])B(B([B])[B])B(B(B([B])[B])B([B])[B])B(B(B([B])[B])B([B])[B])B(B([B])[B-])B([B-])[B-]. The third-order valence-electron chi connectivity index (χ3n) is 5.78. The maximum Gasteiger partial charge on any atom is -0.000000000137 e. The molecule has 0 aromatic carbocycles. The van der Waals surface area contributed by atoms with Crippen LogP contribution in [-0.4, -0.2) is 213 Å². The van der Waals surface area contributed by atoms with Gasteiger partial charge in [0.25, 0.3) is 0 Å². The van der Waals surface area contributed by atoms with Gasteiger partial charge in [-0.25, -0.2) is 6.39 Å². The summed E-state index contributed by atoms with van der Waals surface area (Å²) < 4.78 is 0. The number of rotatable bonds is 13. The fourth-order valence-corrected chi connectivity index (χ4v) is 4.62. The molecular weight excluding hydrogens is 324 g/mol. The van der Waals surface area contributed by atoms with E-state index in [1.54, 1.807) is 0 Å². The fourth-order valence-electron chi connectivity index (χ4n) is 4.62. The van der Waals surface area contributed by atoms with Gasteiger partial charge in [0.2, 0.25) is 0 Å². The highest BCUT2D eigenvalue weighted by atomic mass is 13.3. The third kappa shape index (κ3) is 8.62. The van der Waals surface area contributed by atoms with Crippen molar-refractivity contribution >= 4 is 213 Å². The molecule has 0 N–H and O–H groups in total. The lowest BCUT2D eigenvalue weighted by Gasteiger charge is -2.60. The Labute approximate surface area is 212 Å². The largest absolute Gasteiger partial charge is 0.729 e. The van der Waals surface area contributed by atoms with Crippen molar-refractivity contribution in [2.24, 2.45) is 0 Å². The minimum atomic E-state index is -1.07. The average molecular weight is 324 g/mol. The van der Waals surface area contributed by atoms with E-state index >= 15 is 0 Å². The highest BCUT2D eigenvalue weighted by molar-refractivity contribution is 8.27. The maximum atomic E-state index is 6.02. The molecule has 0 aliphatic carbocycles. The summed E-state index contributed by atoms with van der Waals surface area (Å²) >= 11 is 0. The number of hydrogen-bond acceptors (Lipinski definition) is 0. The van der Waals surface area contributed by atoms with Crippen molar-refractivity contribution in [3.05, 3.63) is 0 Å². The second-order valence-corrected chi connectivity index (χ2v) is 8.08. The first-order chi connectivity index (χ1) is 13.6. The molecule has 30 heavy (non-hydrogen) atoms. The summed E-state index contributed by atoms with van der Waals surface area (Å²) in [7, 11) is 96.4. The lowest BCUT2D eigenvalue weighted by molar-refractivity contribution is 3.25. The predicted molar refractivity (Wildman–Crippen MR) is 173 cm³/mol. The van der Waals surface area contributed by atoms with E-state index < -0.39 is 89.4 Å². The quantitative estimate of drug-likeness (QED) is 0.295. The molecule has 0 saturated heterocycles. The van der Waals surface area contributed by atoms with Crippen molar-refractivity contribution in [1.29, 1.82) is 0 Å². The normalized spacial score (nSPS) is 9.57. The van der Waals surface area contributed by atoms with Crippen LogP contribution in [0, 0.1) is 0 Å². The highest BCUT2D eigenvalue weighted by Crippen LogP contribution is 2.14. The van der Waals surface area contributed by atoms with E-state index in [1.807, 2.05) is 0 Å². The summed E-state index contributed by atoms with van der Waals surface area (Å²) in [5, 5.41) is 0. The molecule has 0 saturated carbocycles. The molecule has 0 aromatic heterocycles. The Morgan fingerprint density at radius 3 is 0.633 bits per heavy atom. The van der Waals surface area contributed by atoms with Crippen molar-refractivity contribution in [3.63, 3.8) is 0 Å². The van der Waals surface area contributed by atoms with E-state index in [4.69, 9.17) is 124 Å². The van der Waals surface area contributed by atoms with Crippen molar-refractivity contribution in [1.82, 2.24) is 0 Å². The van der Waals surface area contributed by atoms with Crippen LogP contribution in [0.1, 0.15) is 0 Å². The standard InChI is InChI=1S/B30/c1-17(2)25(18(3)4)29(26(19(5)6)20(7)8)30(27(21(9)10)22(11)12)28(23(13)14)24(15)16/q-3. The molecule has 35 radical (unpaired) electrons. The summed E-state index contributed by atoms with van der Waals surface area (Å²) in [5.74, 6) is 0. The van der Waals surface area contributed by atoms with Gasteiger partial charge in [0.15, 0.2) is 0 Å². The van der Waals surface area contributed by atoms with E-state index in [-0.39, 0.29) is 0 Å². The Kier molecular flexibility index (Phi) is 15.3. The Bertz CT molecular complexity index is 323. The summed E-state index contributed by atoms with van der Waals surface area (Å²) in [5.41, 5.74) is 0. The van der Waals surface area contributed by atoms with Crippen LogP contribution in [0.15, 0.2) is 0 Å². The molecule has 30 heteroatoms. The Hall–Kier alpha value is 1.95. The first kappa shape index (κ1) is 31.9. The molecule has 0 rings (SSSR count). The van der Waals surface area contributed by atoms with E-state index in [2.05, 4.69) is 0 Å². The molecule has 0 atom stereocenters. The molecule has 0 amide bonds. The zero-order chi connectivity index (χ0) is 24.1. The van der Waals surface area contributed by atoms with Crippen LogP contribution in [0.3, 0.4) is 0 Å². The first-order valence-electron chi connectivity index (χ1n) is 9.67. The molecule has 0 aromatic rings. The van der Waals surface area contributed by atoms with Crippen molar-refractivity contribution in [2.45, 2.75) is 0 Å². The van der Waals surface area contributed by atoms with Gasteiger partial charge in [-0.1, -0.05) is 0 Å². The fraction of sp³-hybridized carbons (Fsp3) is 0. The average Bonchev–Trinajstić information content (AvgIpc) is 2.50. The molecule has 0 fully saturated rings. The minimum Gasteiger partial charge on any atom is -0.729 e. The third-order valence-corrected chi connectivity index (χ3v) is 5.78. The molecule has 0 aliphatic rings. The van der Waals surface area contributed by atoms with E-state index in [0.717, 1.165) is 0 Å². The maximum absolute atomic E-state index is 6.02. The Morgan fingerprint density at radius 2 is 0.500 bits per heavy atom. The van der Waals surface area contributed by atoms with Crippen LogP contribution < -0.4 is 0 Å². The smallest absolute Gasteiger partial charge is 0.000000000137 e. The predicted octanol–water partition coefficient (Wildman–Crippen LogP) is -11.4. The van der Waals surface area contributed by atoms with Gasteiger partial charge >= 0.3 is 0 Å². The minimum absolute atomic E-state index is 0.853. The van der Waals surface area contributed by atoms with Crippen molar-refractivity contribution in [3.8, 4) is 0 Å². The summed E-state index contributed by atoms with van der Waals surface area (Å²) in [6.45, 7) is 0. The van der Waals surface area contributed by atoms with Crippen LogP contribution in [0.5, 0.6) is 0 Å². The highest BCUT2D eigenvalue weighted by Gasteiger charge is 2.49. The molecule has 0 spiro atoms. The van der Waals surface area contributed by atoms with Crippen molar-refractivity contribution < 1.29 is 0 Å². The van der Waals surface area contributed by atoms with Crippen LogP contribution >= 0.6 is 0 Å². The molecule has 0 unspecified atom stereocenters. The van der Waals surface area contributed by atoms with Crippen LogP contribution in [0.25, 0.3) is 0 Å². The Morgan fingerprint density at radius 1 is 0.300 bits per heavy atom. The van der Waals surface area contributed by atoms with Crippen molar-refractivity contribution in [2.75, 3.05) is 0 Å². The molecule has 0 nitrogen and oxygen atoms in total. The molecule has 93 valence electrons. The summed E-state index contributed by atoms with van der Waals surface area (Å²) in [4.78, 5) is 0. The molecule has 0 heterocycles. The zero-order valence-corrected chi connectivity index (χ0v) is 17.3. The second-order valence-electron chi connectivity index (χ2n) is 8.08. The van der Waals surface area contributed by atoms with Crippen LogP contribution in [-0.2, 0) is 0 Å². The van der Waals surface area contributed by atoms with Crippen LogP contribution in [0.2, 0.25) is 0 Å². The lowest BCUT2D eigenvalue weighted by Crippen LogP contribution is -2.88. The van der Waals surface area contributed by atoms with Gasteiger partial charge < -0.3 is 29.6 Å². The van der Waals surface area contributed by atoms with Gasteiger partial charge in [-0.15, -0.1) is 6.39 Å². The lowest BCUT2D eigenvalue weighted by atomic mass is 8.31. The van der Waals surface area contributed by atoms with E-state index in [0.29, 0.717) is 0 Å². The van der Waals surface area contributed by atoms with Gasteiger partial charge in [-0.3, -0.25) is 0 Å². The molecule has 0 bridgehead atoms. The van der Waals surface area contributed by atoms with Gasteiger partial charge in [0, 0.05) is 0 Å². The van der Waals surface area contributed by atoms with E-state index in [1.165, 1.54) is 0 Å². The number of hydrogen-bond donors (Lipinski definition) is 0. The topological polar surface area (TPSA) is 0 Å². The zero-order valence-electron chi connectivity index (χ0n) is 17.3. The van der Waals surface area contributed by atoms with Gasteiger partial charge in [0.05, 0.1) is 0 Å².